The average molecular weight is 451 g/mol. The van der Waals surface area contributed by atoms with Gasteiger partial charge >= 0.3 is 11.9 Å². The Hall–Kier alpha value is -2.78. The second-order valence-electron chi connectivity index (χ2n) is 5.17. The minimum atomic E-state index is -0.632. The normalized spacial score (nSPS) is 9.89. The first-order valence-electron chi connectivity index (χ1n) is 7.54. The lowest BCUT2D eigenvalue weighted by atomic mass is 10.1. The summed E-state index contributed by atoms with van der Waals surface area (Å²) in [5.74, 6) is -1.68. The fourth-order valence-corrected chi connectivity index (χ4v) is 2.82. The van der Waals surface area contributed by atoms with Gasteiger partial charge in [0.05, 0.1) is 30.9 Å². The lowest BCUT2D eigenvalue weighted by Crippen LogP contribution is -2.34. The van der Waals surface area contributed by atoms with Crippen LogP contribution in [0.3, 0.4) is 0 Å². The van der Waals surface area contributed by atoms with Crippen molar-refractivity contribution in [3.05, 3.63) is 63.6 Å². The number of methoxy groups -OCH3 is 2. The molecular formula is C18H15BrN2O5S. The van der Waals surface area contributed by atoms with Crippen molar-refractivity contribution in [3.63, 3.8) is 0 Å². The number of anilines is 1. The van der Waals surface area contributed by atoms with Crippen LogP contribution in [-0.2, 0) is 9.47 Å². The van der Waals surface area contributed by atoms with Gasteiger partial charge in [0, 0.05) is 10.2 Å². The van der Waals surface area contributed by atoms with Gasteiger partial charge in [0.2, 0.25) is 0 Å². The van der Waals surface area contributed by atoms with E-state index < -0.39 is 17.8 Å². The summed E-state index contributed by atoms with van der Waals surface area (Å²) >= 11 is 8.43. The largest absolute Gasteiger partial charge is 0.465 e. The Balaban J connectivity index is 2.21. The van der Waals surface area contributed by atoms with Crippen molar-refractivity contribution in [1.82, 2.24) is 5.32 Å². The highest BCUT2D eigenvalue weighted by atomic mass is 79.9. The topological polar surface area (TPSA) is 93.7 Å². The number of hydrogen-bond acceptors (Lipinski definition) is 6. The third kappa shape index (κ3) is 5.35. The highest BCUT2D eigenvalue weighted by Gasteiger charge is 2.15. The van der Waals surface area contributed by atoms with Gasteiger partial charge in [-0.25, -0.2) is 9.59 Å². The fraction of sp³-hybridized carbons (Fsp3) is 0.111. The van der Waals surface area contributed by atoms with E-state index in [0.29, 0.717) is 15.7 Å². The summed E-state index contributed by atoms with van der Waals surface area (Å²) in [6, 6.07) is 11.1. The number of nitrogens with one attached hydrogen (secondary N) is 2. The SMILES string of the molecule is COC(=O)c1cc(NC(=S)NC(=O)c2ccccc2Br)cc(C(=O)OC)c1. The van der Waals surface area contributed by atoms with Crippen LogP contribution in [0.1, 0.15) is 31.1 Å². The number of thiocarbonyl (C=S) groups is 1. The zero-order chi connectivity index (χ0) is 20.0. The summed E-state index contributed by atoms with van der Waals surface area (Å²) in [6.45, 7) is 0. The van der Waals surface area contributed by atoms with Gasteiger partial charge in [0.15, 0.2) is 5.11 Å². The molecule has 0 aromatic heterocycles. The quantitative estimate of drug-likeness (QED) is 0.545. The first kappa shape index (κ1) is 20.5. The molecule has 7 nitrogen and oxygen atoms in total. The maximum absolute atomic E-state index is 12.3. The van der Waals surface area contributed by atoms with Crippen LogP contribution in [0.2, 0.25) is 0 Å². The average Bonchev–Trinajstić information content (AvgIpc) is 2.66. The van der Waals surface area contributed by atoms with Gasteiger partial charge < -0.3 is 14.8 Å². The number of amides is 1. The second-order valence-corrected chi connectivity index (χ2v) is 6.43. The number of benzene rings is 2. The highest BCUT2D eigenvalue weighted by Crippen LogP contribution is 2.18. The van der Waals surface area contributed by atoms with Gasteiger partial charge in [0.25, 0.3) is 5.91 Å². The lowest BCUT2D eigenvalue weighted by molar-refractivity contribution is 0.0599. The molecule has 0 saturated heterocycles. The number of rotatable bonds is 4. The van der Waals surface area contributed by atoms with Gasteiger partial charge in [-0.2, -0.15) is 0 Å². The van der Waals surface area contributed by atoms with Crippen molar-refractivity contribution < 1.29 is 23.9 Å². The van der Waals surface area contributed by atoms with Gasteiger partial charge in [-0.1, -0.05) is 12.1 Å². The van der Waals surface area contributed by atoms with E-state index in [1.165, 1.54) is 32.4 Å². The van der Waals surface area contributed by atoms with E-state index in [4.69, 9.17) is 12.2 Å². The van der Waals surface area contributed by atoms with Crippen LogP contribution in [0.25, 0.3) is 0 Å². The Morgan fingerprint density at radius 1 is 0.963 bits per heavy atom. The predicted molar refractivity (Wildman–Crippen MR) is 107 cm³/mol. The molecule has 140 valence electrons. The van der Waals surface area contributed by atoms with E-state index in [2.05, 4.69) is 36.0 Å². The summed E-state index contributed by atoms with van der Waals surface area (Å²) in [6.07, 6.45) is 0. The van der Waals surface area contributed by atoms with E-state index in [9.17, 15) is 14.4 Å². The van der Waals surface area contributed by atoms with E-state index >= 15 is 0 Å². The Kier molecular flexibility index (Phi) is 7.03. The lowest BCUT2D eigenvalue weighted by Gasteiger charge is -2.12. The molecule has 0 atom stereocenters. The molecule has 0 bridgehead atoms. The molecule has 0 fully saturated rings. The van der Waals surface area contributed by atoms with Crippen molar-refractivity contribution in [2.45, 2.75) is 0 Å². The van der Waals surface area contributed by atoms with E-state index in [1.807, 2.05) is 0 Å². The van der Waals surface area contributed by atoms with E-state index in [1.54, 1.807) is 24.3 Å². The van der Waals surface area contributed by atoms with E-state index in [-0.39, 0.29) is 16.2 Å². The van der Waals surface area contributed by atoms with Crippen LogP contribution in [0.15, 0.2) is 46.9 Å². The number of ether oxygens (including phenoxy) is 2. The van der Waals surface area contributed by atoms with Crippen LogP contribution < -0.4 is 10.6 Å². The van der Waals surface area contributed by atoms with Crippen LogP contribution in [-0.4, -0.2) is 37.2 Å². The smallest absolute Gasteiger partial charge is 0.337 e. The molecule has 2 rings (SSSR count). The van der Waals surface area contributed by atoms with Gasteiger partial charge in [0.1, 0.15) is 0 Å². The molecule has 27 heavy (non-hydrogen) atoms. The molecule has 2 aromatic carbocycles. The molecule has 0 spiro atoms. The van der Waals surface area contributed by atoms with Crippen LogP contribution >= 0.6 is 28.1 Å². The molecule has 2 N–H and O–H groups in total. The highest BCUT2D eigenvalue weighted by molar-refractivity contribution is 9.10. The molecule has 2 aromatic rings. The molecule has 0 aliphatic heterocycles. The van der Waals surface area contributed by atoms with Gasteiger partial charge in [-0.3, -0.25) is 10.1 Å². The number of esters is 2. The van der Waals surface area contributed by atoms with Gasteiger partial charge in [-0.05, 0) is 58.5 Å². The van der Waals surface area contributed by atoms with Crippen LogP contribution in [0, 0.1) is 0 Å². The van der Waals surface area contributed by atoms with E-state index in [0.717, 1.165) is 0 Å². The van der Waals surface area contributed by atoms with Crippen LogP contribution in [0.5, 0.6) is 0 Å². The van der Waals surface area contributed by atoms with Crippen molar-refractivity contribution in [2.75, 3.05) is 19.5 Å². The van der Waals surface area contributed by atoms with Gasteiger partial charge in [-0.15, -0.1) is 0 Å². The van der Waals surface area contributed by atoms with Crippen molar-refractivity contribution in [1.29, 1.82) is 0 Å². The maximum Gasteiger partial charge on any atom is 0.337 e. The molecule has 9 heteroatoms. The summed E-state index contributed by atoms with van der Waals surface area (Å²) in [7, 11) is 2.45. The zero-order valence-electron chi connectivity index (χ0n) is 14.4. The fourth-order valence-electron chi connectivity index (χ4n) is 2.15. The maximum atomic E-state index is 12.3. The van der Waals surface area contributed by atoms with Crippen LogP contribution in [0.4, 0.5) is 5.69 Å². The number of carbonyl (C=O) groups is 3. The third-order valence-corrected chi connectivity index (χ3v) is 4.27. The zero-order valence-corrected chi connectivity index (χ0v) is 16.8. The first-order valence-corrected chi connectivity index (χ1v) is 8.74. The standard InChI is InChI=1S/C18H15BrN2O5S/c1-25-16(23)10-7-11(17(24)26-2)9-12(8-10)20-18(27)21-15(22)13-5-3-4-6-14(13)19/h3-9H,1-2H3,(H2,20,21,22,27). The molecule has 0 heterocycles. The molecule has 0 unspecified atom stereocenters. The van der Waals surface area contributed by atoms with Crippen molar-refractivity contribution in [2.24, 2.45) is 0 Å². The number of halogens is 1. The number of carbonyl (C=O) groups excluding carboxylic acids is 3. The Labute approximate surface area is 169 Å². The minimum absolute atomic E-state index is 0.00594. The molecular weight excluding hydrogens is 436 g/mol. The van der Waals surface area contributed by atoms with Crippen molar-refractivity contribution >= 4 is 56.8 Å². The summed E-state index contributed by atoms with van der Waals surface area (Å²) in [5, 5.41) is 5.29. The molecule has 1 amide bonds. The summed E-state index contributed by atoms with van der Waals surface area (Å²) in [4.78, 5) is 35.9. The van der Waals surface area contributed by atoms with Crippen molar-refractivity contribution in [3.8, 4) is 0 Å². The first-order chi connectivity index (χ1) is 12.8. The Bertz CT molecular complexity index is 882. The second kappa shape index (κ2) is 9.24. The summed E-state index contributed by atoms with van der Waals surface area (Å²) in [5.41, 5.74) is 0.974. The molecule has 0 saturated carbocycles. The predicted octanol–water partition coefficient (Wildman–Crippen LogP) is 3.15. The number of hydrogen-bond donors (Lipinski definition) is 2. The molecule has 0 aliphatic rings. The molecule has 0 aliphatic carbocycles. The molecule has 0 radical (unpaired) electrons. The minimum Gasteiger partial charge on any atom is -0.465 e. The Morgan fingerprint density at radius 2 is 1.52 bits per heavy atom. The Morgan fingerprint density at radius 3 is 2.04 bits per heavy atom. The summed E-state index contributed by atoms with van der Waals surface area (Å²) < 4.78 is 9.96. The third-order valence-electron chi connectivity index (χ3n) is 3.38. The monoisotopic (exact) mass is 450 g/mol.